The molecule has 0 spiro atoms. The number of aliphatic hydroxyl groups is 1. The standard InChI is InChI=1S/C16H21NO3/c1-15(2,11-18)10-17-13(19)9-16(3,14(17)20)12-7-5-4-6-8-12/h4-8,18H,9-11H2,1-3H3. The van der Waals surface area contributed by atoms with E-state index in [0.29, 0.717) is 0 Å². The van der Waals surface area contributed by atoms with Crippen LogP contribution in [0, 0.1) is 5.41 Å². The summed E-state index contributed by atoms with van der Waals surface area (Å²) >= 11 is 0. The van der Waals surface area contributed by atoms with Gasteiger partial charge in [0.1, 0.15) is 0 Å². The third-order valence-corrected chi connectivity index (χ3v) is 3.95. The van der Waals surface area contributed by atoms with Crippen LogP contribution in [0.15, 0.2) is 30.3 Å². The third-order valence-electron chi connectivity index (χ3n) is 3.95. The molecule has 1 N–H and O–H groups in total. The van der Waals surface area contributed by atoms with Crippen LogP contribution in [0.3, 0.4) is 0 Å². The highest BCUT2D eigenvalue weighted by Gasteiger charge is 2.50. The molecule has 2 rings (SSSR count). The maximum Gasteiger partial charge on any atom is 0.240 e. The second kappa shape index (κ2) is 5.02. The fourth-order valence-electron chi connectivity index (χ4n) is 2.55. The lowest BCUT2D eigenvalue weighted by Gasteiger charge is -2.29. The van der Waals surface area contributed by atoms with Gasteiger partial charge in [-0.05, 0) is 12.5 Å². The van der Waals surface area contributed by atoms with Crippen molar-refractivity contribution in [1.29, 1.82) is 0 Å². The second-order valence-electron chi connectivity index (χ2n) is 6.48. The molecule has 1 aromatic rings. The van der Waals surface area contributed by atoms with Crippen LogP contribution in [-0.4, -0.2) is 35.0 Å². The Bertz CT molecular complexity index is 524. The molecule has 0 aromatic heterocycles. The Morgan fingerprint density at radius 3 is 2.40 bits per heavy atom. The highest BCUT2D eigenvalue weighted by Crippen LogP contribution is 2.37. The minimum Gasteiger partial charge on any atom is -0.396 e. The highest BCUT2D eigenvalue weighted by molar-refractivity contribution is 6.08. The molecular weight excluding hydrogens is 254 g/mol. The largest absolute Gasteiger partial charge is 0.396 e. The summed E-state index contributed by atoms with van der Waals surface area (Å²) in [6.07, 6.45) is 0.192. The number of aliphatic hydroxyl groups excluding tert-OH is 1. The zero-order valence-electron chi connectivity index (χ0n) is 12.2. The van der Waals surface area contributed by atoms with Gasteiger partial charge in [0.15, 0.2) is 0 Å². The molecule has 20 heavy (non-hydrogen) atoms. The van der Waals surface area contributed by atoms with Crippen LogP contribution in [0.2, 0.25) is 0 Å². The molecule has 0 saturated carbocycles. The number of likely N-dealkylation sites (tertiary alicyclic amines) is 1. The Kier molecular flexibility index (Phi) is 3.69. The van der Waals surface area contributed by atoms with E-state index < -0.39 is 10.8 Å². The van der Waals surface area contributed by atoms with E-state index in [1.807, 2.05) is 51.1 Å². The van der Waals surface area contributed by atoms with E-state index >= 15 is 0 Å². The molecule has 0 bridgehead atoms. The van der Waals surface area contributed by atoms with Gasteiger partial charge in [-0.1, -0.05) is 44.2 Å². The Labute approximate surface area is 119 Å². The number of carbonyl (C=O) groups excluding carboxylic acids is 2. The van der Waals surface area contributed by atoms with Gasteiger partial charge in [-0.25, -0.2) is 0 Å². The number of carbonyl (C=O) groups is 2. The van der Waals surface area contributed by atoms with Gasteiger partial charge in [-0.15, -0.1) is 0 Å². The summed E-state index contributed by atoms with van der Waals surface area (Å²) in [5.74, 6) is -0.335. The van der Waals surface area contributed by atoms with E-state index in [9.17, 15) is 14.7 Å². The number of benzene rings is 1. The lowest BCUT2D eigenvalue weighted by atomic mass is 9.81. The smallest absolute Gasteiger partial charge is 0.240 e. The van der Waals surface area contributed by atoms with Gasteiger partial charge in [0, 0.05) is 25.0 Å². The van der Waals surface area contributed by atoms with Crippen LogP contribution in [0.5, 0.6) is 0 Å². The number of nitrogens with zero attached hydrogens (tertiary/aromatic N) is 1. The van der Waals surface area contributed by atoms with Gasteiger partial charge in [0.2, 0.25) is 11.8 Å². The summed E-state index contributed by atoms with van der Waals surface area (Å²) in [5.41, 5.74) is -0.403. The number of hydrogen-bond acceptors (Lipinski definition) is 3. The van der Waals surface area contributed by atoms with Crippen LogP contribution < -0.4 is 0 Å². The number of rotatable bonds is 4. The molecule has 1 fully saturated rings. The molecule has 1 heterocycles. The molecule has 1 aliphatic rings. The zero-order valence-corrected chi connectivity index (χ0v) is 12.2. The van der Waals surface area contributed by atoms with E-state index in [1.54, 1.807) is 0 Å². The molecule has 1 atom stereocenters. The van der Waals surface area contributed by atoms with Crippen molar-refractivity contribution in [2.45, 2.75) is 32.6 Å². The van der Waals surface area contributed by atoms with Gasteiger partial charge < -0.3 is 5.11 Å². The van der Waals surface area contributed by atoms with Crippen molar-refractivity contribution in [3.8, 4) is 0 Å². The van der Waals surface area contributed by atoms with E-state index in [4.69, 9.17) is 0 Å². The van der Waals surface area contributed by atoms with Crippen molar-refractivity contribution in [3.05, 3.63) is 35.9 Å². The molecule has 4 nitrogen and oxygen atoms in total. The maximum atomic E-state index is 12.7. The topological polar surface area (TPSA) is 57.6 Å². The molecule has 1 saturated heterocycles. The molecule has 0 aliphatic carbocycles. The summed E-state index contributed by atoms with van der Waals surface area (Å²) < 4.78 is 0. The Morgan fingerprint density at radius 1 is 1.25 bits per heavy atom. The third kappa shape index (κ3) is 2.48. The number of imide groups is 1. The molecule has 1 aliphatic heterocycles. The quantitative estimate of drug-likeness (QED) is 0.851. The first kappa shape index (κ1) is 14.7. The number of hydrogen-bond donors (Lipinski definition) is 1. The van der Waals surface area contributed by atoms with Crippen LogP contribution in [0.25, 0.3) is 0 Å². The molecule has 0 radical (unpaired) electrons. The van der Waals surface area contributed by atoms with Crippen molar-refractivity contribution < 1.29 is 14.7 Å². The minimum absolute atomic E-state index is 0.0634. The first-order valence-corrected chi connectivity index (χ1v) is 6.81. The summed E-state index contributed by atoms with van der Waals surface area (Å²) in [5, 5.41) is 9.32. The van der Waals surface area contributed by atoms with Crippen molar-refractivity contribution in [3.63, 3.8) is 0 Å². The summed E-state index contributed by atoms with van der Waals surface area (Å²) in [6.45, 7) is 5.68. The average Bonchev–Trinajstić information content (AvgIpc) is 2.64. The fourth-order valence-corrected chi connectivity index (χ4v) is 2.55. The van der Waals surface area contributed by atoms with E-state index in [2.05, 4.69) is 0 Å². The Balaban J connectivity index is 2.29. The van der Waals surface area contributed by atoms with Gasteiger partial charge in [0.05, 0.1) is 5.41 Å². The normalized spacial score (nSPS) is 23.5. The van der Waals surface area contributed by atoms with E-state index in [-0.39, 0.29) is 31.4 Å². The monoisotopic (exact) mass is 275 g/mol. The van der Waals surface area contributed by atoms with Crippen LogP contribution in [0.4, 0.5) is 0 Å². The first-order valence-electron chi connectivity index (χ1n) is 6.81. The summed E-state index contributed by atoms with van der Waals surface area (Å²) in [7, 11) is 0. The number of amides is 2. The summed E-state index contributed by atoms with van der Waals surface area (Å²) in [6, 6.07) is 9.40. The van der Waals surface area contributed by atoms with E-state index in [1.165, 1.54) is 4.90 Å². The predicted molar refractivity (Wildman–Crippen MR) is 76.0 cm³/mol. The molecule has 108 valence electrons. The summed E-state index contributed by atoms with van der Waals surface area (Å²) in [4.78, 5) is 26.1. The second-order valence-corrected chi connectivity index (χ2v) is 6.48. The first-order chi connectivity index (χ1) is 9.30. The molecular formula is C16H21NO3. The van der Waals surface area contributed by atoms with E-state index in [0.717, 1.165) is 5.56 Å². The lowest BCUT2D eigenvalue weighted by molar-refractivity contribution is -0.141. The van der Waals surface area contributed by atoms with Crippen LogP contribution >= 0.6 is 0 Å². The maximum absolute atomic E-state index is 12.7. The van der Waals surface area contributed by atoms with Crippen molar-refractivity contribution in [2.75, 3.05) is 13.2 Å². The van der Waals surface area contributed by atoms with Gasteiger partial charge >= 0.3 is 0 Å². The van der Waals surface area contributed by atoms with Crippen molar-refractivity contribution >= 4 is 11.8 Å². The van der Waals surface area contributed by atoms with Crippen LogP contribution in [-0.2, 0) is 15.0 Å². The fraction of sp³-hybridized carbons (Fsp3) is 0.500. The lowest BCUT2D eigenvalue weighted by Crippen LogP contribution is -2.42. The zero-order chi connectivity index (χ0) is 15.0. The average molecular weight is 275 g/mol. The Hall–Kier alpha value is -1.68. The SMILES string of the molecule is CC(C)(CO)CN1C(=O)CC(C)(c2ccccc2)C1=O. The molecule has 4 heteroatoms. The Morgan fingerprint density at radius 2 is 1.85 bits per heavy atom. The molecule has 1 aromatic carbocycles. The van der Waals surface area contributed by atoms with Gasteiger partial charge in [0.25, 0.3) is 0 Å². The highest BCUT2D eigenvalue weighted by atomic mass is 16.3. The molecule has 1 unspecified atom stereocenters. The van der Waals surface area contributed by atoms with Crippen molar-refractivity contribution in [2.24, 2.45) is 5.41 Å². The predicted octanol–water partition coefficient (Wildman–Crippen LogP) is 1.72. The van der Waals surface area contributed by atoms with Crippen molar-refractivity contribution in [1.82, 2.24) is 4.90 Å². The minimum atomic E-state index is -0.788. The van der Waals surface area contributed by atoms with Gasteiger partial charge in [-0.3, -0.25) is 14.5 Å². The van der Waals surface area contributed by atoms with Crippen LogP contribution in [0.1, 0.15) is 32.8 Å². The molecule has 2 amide bonds. The van der Waals surface area contributed by atoms with Gasteiger partial charge in [-0.2, -0.15) is 0 Å².